The van der Waals surface area contributed by atoms with Crippen molar-refractivity contribution in [3.8, 4) is 0 Å². The molecule has 0 saturated heterocycles. The Labute approximate surface area is 125 Å². The minimum absolute atomic E-state index is 0.115. The Balaban J connectivity index is 2.50. The summed E-state index contributed by atoms with van der Waals surface area (Å²) in [6.07, 6.45) is 0. The number of methoxy groups -OCH3 is 1. The van der Waals surface area contributed by atoms with Crippen LogP contribution in [-0.4, -0.2) is 51.0 Å². The SMILES string of the molecule is CCN(CCOC)S(=O)(=O)CCSc1cccc(N)c1. The predicted molar refractivity (Wildman–Crippen MR) is 84.5 cm³/mol. The van der Waals surface area contributed by atoms with Gasteiger partial charge in [-0.2, -0.15) is 4.31 Å². The Morgan fingerprint density at radius 1 is 1.40 bits per heavy atom. The third-order valence-electron chi connectivity index (χ3n) is 2.76. The van der Waals surface area contributed by atoms with Crippen LogP contribution in [0.4, 0.5) is 5.69 Å². The predicted octanol–water partition coefficient (Wildman–Crippen LogP) is 1.66. The van der Waals surface area contributed by atoms with E-state index in [1.165, 1.54) is 16.1 Å². The number of nitrogens with zero attached hydrogens (tertiary/aromatic N) is 1. The van der Waals surface area contributed by atoms with Crippen molar-refractivity contribution < 1.29 is 13.2 Å². The molecule has 1 aromatic rings. The summed E-state index contributed by atoms with van der Waals surface area (Å²) in [6, 6.07) is 7.45. The highest BCUT2D eigenvalue weighted by Gasteiger charge is 2.19. The van der Waals surface area contributed by atoms with Crippen molar-refractivity contribution >= 4 is 27.5 Å². The summed E-state index contributed by atoms with van der Waals surface area (Å²) < 4.78 is 30.7. The maximum atomic E-state index is 12.2. The Morgan fingerprint density at radius 3 is 2.75 bits per heavy atom. The van der Waals surface area contributed by atoms with E-state index in [0.29, 0.717) is 31.1 Å². The first-order chi connectivity index (χ1) is 9.49. The summed E-state index contributed by atoms with van der Waals surface area (Å²) in [5, 5.41) is 0. The van der Waals surface area contributed by atoms with E-state index in [1.54, 1.807) is 7.11 Å². The first-order valence-corrected chi connectivity index (χ1v) is 9.04. The second-order valence-corrected chi connectivity index (χ2v) is 7.48. The molecule has 0 aromatic heterocycles. The van der Waals surface area contributed by atoms with Crippen LogP contribution in [-0.2, 0) is 14.8 Å². The molecule has 0 amide bonds. The molecule has 2 N–H and O–H groups in total. The number of nitrogen functional groups attached to an aromatic ring is 1. The maximum absolute atomic E-state index is 12.2. The molecule has 0 bridgehead atoms. The minimum atomic E-state index is -3.22. The number of sulfonamides is 1. The highest BCUT2D eigenvalue weighted by atomic mass is 32.2. The maximum Gasteiger partial charge on any atom is 0.214 e. The summed E-state index contributed by atoms with van der Waals surface area (Å²) in [4.78, 5) is 0.986. The Morgan fingerprint density at radius 2 is 2.15 bits per heavy atom. The molecule has 0 aliphatic carbocycles. The number of benzene rings is 1. The molecule has 0 saturated carbocycles. The number of nitrogens with two attached hydrogens (primary N) is 1. The fourth-order valence-corrected chi connectivity index (χ4v) is 4.50. The number of thioether (sulfide) groups is 1. The number of hydrogen-bond acceptors (Lipinski definition) is 5. The van der Waals surface area contributed by atoms with Gasteiger partial charge in [-0.05, 0) is 18.2 Å². The molecular weight excluding hydrogens is 296 g/mol. The van der Waals surface area contributed by atoms with Gasteiger partial charge in [0.25, 0.3) is 0 Å². The molecule has 0 fully saturated rings. The number of anilines is 1. The van der Waals surface area contributed by atoms with Gasteiger partial charge in [0.2, 0.25) is 10.0 Å². The van der Waals surface area contributed by atoms with E-state index in [9.17, 15) is 8.42 Å². The van der Waals surface area contributed by atoms with Crippen LogP contribution in [0.1, 0.15) is 6.92 Å². The van der Waals surface area contributed by atoms with Gasteiger partial charge in [-0.15, -0.1) is 11.8 Å². The van der Waals surface area contributed by atoms with Crippen molar-refractivity contribution in [2.75, 3.05) is 44.0 Å². The van der Waals surface area contributed by atoms with Crippen molar-refractivity contribution in [2.24, 2.45) is 0 Å². The molecule has 0 atom stereocenters. The molecule has 114 valence electrons. The van der Waals surface area contributed by atoms with Crippen molar-refractivity contribution in [3.63, 3.8) is 0 Å². The zero-order valence-electron chi connectivity index (χ0n) is 11.9. The van der Waals surface area contributed by atoms with E-state index in [2.05, 4.69) is 0 Å². The molecular formula is C13H22N2O3S2. The molecule has 0 radical (unpaired) electrons. The monoisotopic (exact) mass is 318 g/mol. The van der Waals surface area contributed by atoms with Gasteiger partial charge >= 0.3 is 0 Å². The molecule has 5 nitrogen and oxygen atoms in total. The fraction of sp³-hybridized carbons (Fsp3) is 0.538. The van der Waals surface area contributed by atoms with Crippen LogP contribution < -0.4 is 5.73 Å². The van der Waals surface area contributed by atoms with Crippen molar-refractivity contribution in [1.82, 2.24) is 4.31 Å². The van der Waals surface area contributed by atoms with Crippen LogP contribution in [0.5, 0.6) is 0 Å². The first-order valence-electron chi connectivity index (χ1n) is 6.44. The summed E-state index contributed by atoms with van der Waals surface area (Å²) >= 11 is 1.50. The van der Waals surface area contributed by atoms with Crippen molar-refractivity contribution in [2.45, 2.75) is 11.8 Å². The Hall–Kier alpha value is -0.760. The number of rotatable bonds is 9. The number of hydrogen-bond donors (Lipinski definition) is 1. The fourth-order valence-electron chi connectivity index (χ4n) is 1.69. The summed E-state index contributed by atoms with van der Waals surface area (Å²) in [5.41, 5.74) is 6.38. The molecule has 7 heteroatoms. The third kappa shape index (κ3) is 5.70. The van der Waals surface area contributed by atoms with Gasteiger partial charge in [0.15, 0.2) is 0 Å². The Kier molecular flexibility index (Phi) is 7.36. The van der Waals surface area contributed by atoms with Crippen molar-refractivity contribution in [3.05, 3.63) is 24.3 Å². The van der Waals surface area contributed by atoms with Crippen LogP contribution >= 0.6 is 11.8 Å². The van der Waals surface area contributed by atoms with E-state index in [-0.39, 0.29) is 5.75 Å². The van der Waals surface area contributed by atoms with Crippen LogP contribution in [0.3, 0.4) is 0 Å². The average molecular weight is 318 g/mol. The van der Waals surface area contributed by atoms with Gasteiger partial charge in [-0.3, -0.25) is 0 Å². The van der Waals surface area contributed by atoms with Gasteiger partial charge in [-0.1, -0.05) is 13.0 Å². The molecule has 1 aromatic carbocycles. The molecule has 0 heterocycles. The largest absolute Gasteiger partial charge is 0.399 e. The first kappa shape index (κ1) is 17.3. The highest BCUT2D eigenvalue weighted by Crippen LogP contribution is 2.20. The van der Waals surface area contributed by atoms with E-state index < -0.39 is 10.0 Å². The molecule has 20 heavy (non-hydrogen) atoms. The topological polar surface area (TPSA) is 72.6 Å². The second-order valence-electron chi connectivity index (χ2n) is 4.22. The lowest BCUT2D eigenvalue weighted by Crippen LogP contribution is -2.36. The van der Waals surface area contributed by atoms with E-state index in [4.69, 9.17) is 10.5 Å². The van der Waals surface area contributed by atoms with Gasteiger partial charge in [0.05, 0.1) is 12.4 Å². The smallest absolute Gasteiger partial charge is 0.214 e. The third-order valence-corrected chi connectivity index (χ3v) is 5.96. The average Bonchev–Trinajstić information content (AvgIpc) is 2.39. The normalized spacial score (nSPS) is 11.9. The summed E-state index contributed by atoms with van der Waals surface area (Å²) in [6.45, 7) is 3.11. The highest BCUT2D eigenvalue weighted by molar-refractivity contribution is 8.00. The van der Waals surface area contributed by atoms with Crippen molar-refractivity contribution in [1.29, 1.82) is 0 Å². The van der Waals surface area contributed by atoms with E-state index in [1.807, 2.05) is 31.2 Å². The molecule has 0 aliphatic rings. The summed E-state index contributed by atoms with van der Waals surface area (Å²) in [5.74, 6) is 0.624. The zero-order chi connectivity index (χ0) is 15.0. The van der Waals surface area contributed by atoms with E-state index in [0.717, 1.165) is 4.90 Å². The van der Waals surface area contributed by atoms with Gasteiger partial charge in [-0.25, -0.2) is 8.42 Å². The quantitative estimate of drug-likeness (QED) is 0.554. The van der Waals surface area contributed by atoms with Gasteiger partial charge in [0, 0.05) is 36.5 Å². The number of ether oxygens (including phenoxy) is 1. The number of likely N-dealkylation sites (N-methyl/N-ethyl adjacent to an activating group) is 1. The zero-order valence-corrected chi connectivity index (χ0v) is 13.5. The molecule has 1 rings (SSSR count). The lowest BCUT2D eigenvalue weighted by atomic mass is 10.3. The van der Waals surface area contributed by atoms with Crippen LogP contribution in [0, 0.1) is 0 Å². The standard InChI is InChI=1S/C13H22N2O3S2/c1-3-15(7-8-18-2)20(16,17)10-9-19-13-6-4-5-12(14)11-13/h4-6,11H,3,7-10,14H2,1-2H3. The van der Waals surface area contributed by atoms with E-state index >= 15 is 0 Å². The van der Waals surface area contributed by atoms with Crippen LogP contribution in [0.2, 0.25) is 0 Å². The van der Waals surface area contributed by atoms with Crippen LogP contribution in [0.15, 0.2) is 29.2 Å². The lowest BCUT2D eigenvalue weighted by molar-refractivity contribution is 0.180. The molecule has 0 spiro atoms. The second kappa shape index (κ2) is 8.51. The van der Waals surface area contributed by atoms with Gasteiger partial charge < -0.3 is 10.5 Å². The molecule has 0 unspecified atom stereocenters. The Bertz CT molecular complexity index is 506. The minimum Gasteiger partial charge on any atom is -0.399 e. The summed E-state index contributed by atoms with van der Waals surface area (Å²) in [7, 11) is -1.66. The lowest BCUT2D eigenvalue weighted by Gasteiger charge is -2.19. The van der Waals surface area contributed by atoms with Gasteiger partial charge in [0.1, 0.15) is 0 Å². The molecule has 0 aliphatic heterocycles. The van der Waals surface area contributed by atoms with Crippen LogP contribution in [0.25, 0.3) is 0 Å².